The zero-order valence-corrected chi connectivity index (χ0v) is 19.8. The minimum absolute atomic E-state index is 0.0450. The predicted molar refractivity (Wildman–Crippen MR) is 124 cm³/mol. The minimum Gasteiger partial charge on any atom is -0.353 e. The minimum atomic E-state index is -3.86. The van der Waals surface area contributed by atoms with Crippen LogP contribution in [0.1, 0.15) is 17.5 Å². The molecule has 1 fully saturated rings. The molecule has 0 radical (unpaired) electrons. The molecule has 32 heavy (non-hydrogen) atoms. The van der Waals surface area contributed by atoms with E-state index >= 15 is 0 Å². The summed E-state index contributed by atoms with van der Waals surface area (Å²) in [6.45, 7) is 0.674. The highest BCUT2D eigenvalue weighted by Gasteiger charge is 2.47. The molecule has 11 heteroatoms. The standard InChI is InChI=1S/C21H19Cl2F2N3O2S2/c22-17-8-16(32(29,30)27-10-14-6-7-31-19(14)23)11-26-20(17)28-12-21(13-28,9-18(24)25)15-4-2-1-3-5-15/h1-8,11,18,27H,9-10,12-13H2. The second-order valence-corrected chi connectivity index (χ2v) is 11.3. The molecule has 1 saturated heterocycles. The van der Waals surface area contributed by atoms with Crippen LogP contribution >= 0.6 is 34.5 Å². The number of rotatable bonds is 8. The van der Waals surface area contributed by atoms with E-state index < -0.39 is 21.9 Å². The van der Waals surface area contributed by atoms with Crippen molar-refractivity contribution >= 4 is 50.4 Å². The number of sulfonamides is 1. The number of halogens is 4. The molecular weight excluding hydrogens is 499 g/mol. The smallest absolute Gasteiger partial charge is 0.242 e. The summed E-state index contributed by atoms with van der Waals surface area (Å²) in [5, 5.41) is 1.91. The molecule has 3 aromatic rings. The number of anilines is 1. The molecule has 4 rings (SSSR count). The Morgan fingerprint density at radius 2 is 1.91 bits per heavy atom. The number of thiophene rings is 1. The van der Waals surface area contributed by atoms with Crippen molar-refractivity contribution in [1.82, 2.24) is 9.71 Å². The molecule has 170 valence electrons. The maximum absolute atomic E-state index is 13.3. The summed E-state index contributed by atoms with van der Waals surface area (Å²) in [6, 6.07) is 12.2. The Morgan fingerprint density at radius 3 is 2.50 bits per heavy atom. The van der Waals surface area contributed by atoms with Gasteiger partial charge in [-0.15, -0.1) is 11.3 Å². The highest BCUT2D eigenvalue weighted by molar-refractivity contribution is 7.89. The second kappa shape index (κ2) is 9.23. The quantitative estimate of drug-likeness (QED) is 0.437. The highest BCUT2D eigenvalue weighted by atomic mass is 35.5. The predicted octanol–water partition coefficient (Wildman–Crippen LogP) is 5.34. The number of benzene rings is 1. The van der Waals surface area contributed by atoms with Crippen molar-refractivity contribution in [2.75, 3.05) is 18.0 Å². The van der Waals surface area contributed by atoms with E-state index in [0.717, 1.165) is 5.56 Å². The van der Waals surface area contributed by atoms with Crippen molar-refractivity contribution in [1.29, 1.82) is 0 Å². The Morgan fingerprint density at radius 1 is 1.19 bits per heavy atom. The van der Waals surface area contributed by atoms with Crippen LogP contribution < -0.4 is 9.62 Å². The van der Waals surface area contributed by atoms with Crippen LogP contribution in [-0.2, 0) is 22.0 Å². The van der Waals surface area contributed by atoms with Crippen molar-refractivity contribution in [2.45, 2.75) is 29.7 Å². The van der Waals surface area contributed by atoms with Gasteiger partial charge in [-0.05, 0) is 28.6 Å². The molecule has 2 aromatic heterocycles. The zero-order chi connectivity index (χ0) is 22.9. The fraction of sp³-hybridized carbons (Fsp3) is 0.286. The van der Waals surface area contributed by atoms with E-state index in [4.69, 9.17) is 23.2 Å². The summed E-state index contributed by atoms with van der Waals surface area (Å²) in [4.78, 5) is 5.93. The Bertz CT molecular complexity index is 1200. The lowest BCUT2D eigenvalue weighted by molar-refractivity contribution is 0.0909. The third kappa shape index (κ3) is 4.77. The summed E-state index contributed by atoms with van der Waals surface area (Å²) in [6.07, 6.45) is -1.50. The summed E-state index contributed by atoms with van der Waals surface area (Å²) < 4.78 is 54.8. The average molecular weight is 518 g/mol. The molecular formula is C21H19Cl2F2N3O2S2. The van der Waals surface area contributed by atoms with Gasteiger partial charge < -0.3 is 4.90 Å². The Kier molecular flexibility index (Phi) is 6.74. The van der Waals surface area contributed by atoms with Gasteiger partial charge in [0.25, 0.3) is 0 Å². The van der Waals surface area contributed by atoms with Crippen molar-refractivity contribution in [3.05, 3.63) is 74.5 Å². The van der Waals surface area contributed by atoms with Crippen molar-refractivity contribution in [2.24, 2.45) is 0 Å². The van der Waals surface area contributed by atoms with Gasteiger partial charge in [0.2, 0.25) is 16.4 Å². The van der Waals surface area contributed by atoms with E-state index in [2.05, 4.69) is 9.71 Å². The molecule has 3 heterocycles. The number of nitrogens with one attached hydrogen (secondary N) is 1. The van der Waals surface area contributed by atoms with Gasteiger partial charge in [-0.2, -0.15) is 0 Å². The Labute approximate surface area is 199 Å². The van der Waals surface area contributed by atoms with E-state index in [-0.39, 0.29) is 22.9 Å². The van der Waals surface area contributed by atoms with Crippen LogP contribution in [0.2, 0.25) is 9.36 Å². The van der Waals surface area contributed by atoms with Crippen LogP contribution in [0, 0.1) is 0 Å². The van der Waals surface area contributed by atoms with E-state index in [1.54, 1.807) is 16.3 Å². The largest absolute Gasteiger partial charge is 0.353 e. The second-order valence-electron chi connectivity index (χ2n) is 7.62. The lowest BCUT2D eigenvalue weighted by atomic mass is 9.71. The summed E-state index contributed by atoms with van der Waals surface area (Å²) in [5.74, 6) is 0.368. The van der Waals surface area contributed by atoms with E-state index in [9.17, 15) is 17.2 Å². The summed E-state index contributed by atoms with van der Waals surface area (Å²) in [5.41, 5.74) is 0.808. The molecule has 0 unspecified atom stereocenters. The monoisotopic (exact) mass is 517 g/mol. The molecule has 1 aliphatic rings. The molecule has 0 aliphatic carbocycles. The molecule has 5 nitrogen and oxygen atoms in total. The van der Waals surface area contributed by atoms with E-state index in [1.165, 1.54) is 23.6 Å². The van der Waals surface area contributed by atoms with Crippen LogP contribution in [0.5, 0.6) is 0 Å². The van der Waals surface area contributed by atoms with Crippen LogP contribution in [0.15, 0.2) is 58.9 Å². The number of nitrogens with zero attached hydrogens (tertiary/aromatic N) is 2. The number of pyridine rings is 1. The fourth-order valence-electron chi connectivity index (χ4n) is 3.85. The molecule has 0 amide bonds. The lowest BCUT2D eigenvalue weighted by Crippen LogP contribution is -2.60. The van der Waals surface area contributed by atoms with Gasteiger partial charge in [0.05, 0.1) is 9.36 Å². The summed E-state index contributed by atoms with van der Waals surface area (Å²) in [7, 11) is -3.86. The van der Waals surface area contributed by atoms with Gasteiger partial charge in [0.15, 0.2) is 0 Å². The van der Waals surface area contributed by atoms with Gasteiger partial charge in [-0.3, -0.25) is 0 Å². The fourth-order valence-corrected chi connectivity index (χ4v) is 6.10. The Balaban J connectivity index is 1.50. The first-order valence-electron chi connectivity index (χ1n) is 9.66. The van der Waals surface area contributed by atoms with Crippen LogP contribution in [0.25, 0.3) is 0 Å². The van der Waals surface area contributed by atoms with Crippen molar-refractivity contribution in [3.63, 3.8) is 0 Å². The van der Waals surface area contributed by atoms with Crippen LogP contribution in [0.4, 0.5) is 14.6 Å². The molecule has 0 saturated carbocycles. The first-order valence-corrected chi connectivity index (χ1v) is 12.8. The topological polar surface area (TPSA) is 62.3 Å². The van der Waals surface area contributed by atoms with Gasteiger partial charge in [0, 0.05) is 37.7 Å². The highest BCUT2D eigenvalue weighted by Crippen LogP contribution is 2.43. The molecule has 1 aliphatic heterocycles. The number of aromatic nitrogens is 1. The summed E-state index contributed by atoms with van der Waals surface area (Å²) >= 11 is 13.7. The third-order valence-corrected chi connectivity index (χ3v) is 8.37. The lowest BCUT2D eigenvalue weighted by Gasteiger charge is -2.51. The third-order valence-electron chi connectivity index (χ3n) is 5.47. The van der Waals surface area contributed by atoms with Crippen molar-refractivity contribution in [3.8, 4) is 0 Å². The van der Waals surface area contributed by atoms with Crippen LogP contribution in [0.3, 0.4) is 0 Å². The molecule has 0 atom stereocenters. The maximum atomic E-state index is 13.3. The van der Waals surface area contributed by atoms with Gasteiger partial charge in [-0.1, -0.05) is 53.5 Å². The zero-order valence-electron chi connectivity index (χ0n) is 16.6. The first kappa shape index (κ1) is 23.4. The van der Waals surface area contributed by atoms with Gasteiger partial charge >= 0.3 is 0 Å². The van der Waals surface area contributed by atoms with E-state index in [1.807, 2.05) is 30.3 Å². The molecule has 0 bridgehead atoms. The number of alkyl halides is 2. The molecule has 0 spiro atoms. The van der Waals surface area contributed by atoms with Gasteiger partial charge in [0.1, 0.15) is 10.7 Å². The molecule has 1 N–H and O–H groups in total. The first-order chi connectivity index (χ1) is 15.2. The normalized spacial score (nSPS) is 15.7. The molecule has 1 aromatic carbocycles. The maximum Gasteiger partial charge on any atom is 0.242 e. The van der Waals surface area contributed by atoms with Crippen molar-refractivity contribution < 1.29 is 17.2 Å². The van der Waals surface area contributed by atoms with E-state index in [0.29, 0.717) is 28.8 Å². The van der Waals surface area contributed by atoms with Crippen LogP contribution in [-0.4, -0.2) is 32.9 Å². The average Bonchev–Trinajstić information content (AvgIpc) is 3.14. The number of hydrogen-bond acceptors (Lipinski definition) is 5. The van der Waals surface area contributed by atoms with Gasteiger partial charge in [-0.25, -0.2) is 26.9 Å². The SMILES string of the molecule is O=S(=O)(NCc1ccsc1Cl)c1cnc(N2CC(CC(F)F)(c3ccccc3)C2)c(Cl)c1. The Hall–Kier alpha value is -1.78. The number of hydrogen-bond donors (Lipinski definition) is 1.